The fourth-order valence-corrected chi connectivity index (χ4v) is 2.44. The van der Waals surface area contributed by atoms with E-state index in [0.717, 1.165) is 22.8 Å². The molecule has 2 aromatic rings. The third-order valence-corrected chi connectivity index (χ3v) is 3.38. The second kappa shape index (κ2) is 6.48. The van der Waals surface area contributed by atoms with Crippen LogP contribution in [0.4, 0.5) is 5.69 Å². The first-order valence-corrected chi connectivity index (χ1v) is 9.02. The number of rotatable bonds is 4. The molecule has 0 fully saturated rings. The predicted octanol–water partition coefficient (Wildman–Crippen LogP) is 4.16. The first kappa shape index (κ1) is 14.5. The van der Waals surface area contributed by atoms with Gasteiger partial charge in [0.25, 0.3) is 9.04 Å². The number of para-hydroxylation sites is 2. The molecule has 0 unspecified atom stereocenters. The maximum Gasteiger partial charge on any atom is 0.274 e. The highest BCUT2D eigenvalue weighted by Crippen LogP contribution is 2.28. The van der Waals surface area contributed by atoms with Gasteiger partial charge in [-0.05, 0) is 56.8 Å². The Kier molecular flexibility index (Phi) is 4.68. The van der Waals surface area contributed by atoms with Gasteiger partial charge in [-0.1, -0.05) is 12.1 Å². The Morgan fingerprint density at radius 3 is 2.65 bits per heavy atom. The third-order valence-electron chi connectivity index (χ3n) is 2.75. The molecule has 1 heterocycles. The minimum absolute atomic E-state index is 0.800. The van der Waals surface area contributed by atoms with E-state index in [9.17, 15) is 0 Å². The second-order valence-corrected chi connectivity index (χ2v) is 6.91. The molecular weight excluding hydrogens is 264 g/mol. The summed E-state index contributed by atoms with van der Waals surface area (Å²) in [6.45, 7) is 8.25. The van der Waals surface area contributed by atoms with Gasteiger partial charge in [-0.3, -0.25) is 4.98 Å². The van der Waals surface area contributed by atoms with Crippen molar-refractivity contribution < 1.29 is 4.43 Å². The number of nitrogens with zero attached hydrogens (tertiary/aromatic N) is 2. The Labute approximate surface area is 122 Å². The van der Waals surface area contributed by atoms with Crippen LogP contribution in [-0.2, 0) is 0 Å². The van der Waals surface area contributed by atoms with Crippen molar-refractivity contribution in [1.29, 1.82) is 0 Å². The summed E-state index contributed by atoms with van der Waals surface area (Å²) in [5.41, 5.74) is 3.84. The molecule has 1 aromatic heterocycles. The van der Waals surface area contributed by atoms with E-state index in [1.807, 2.05) is 49.5 Å². The van der Waals surface area contributed by atoms with Crippen LogP contribution in [0.3, 0.4) is 0 Å². The van der Waals surface area contributed by atoms with Crippen molar-refractivity contribution in [3.63, 3.8) is 0 Å². The van der Waals surface area contributed by atoms with E-state index in [1.165, 1.54) is 5.56 Å². The van der Waals surface area contributed by atoms with Gasteiger partial charge in [-0.15, -0.1) is 0 Å². The summed E-state index contributed by atoms with van der Waals surface area (Å²) in [5.74, 6) is 0.846. The van der Waals surface area contributed by atoms with Crippen molar-refractivity contribution in [2.75, 3.05) is 0 Å². The fraction of sp³-hybridized carbons (Fsp3) is 0.250. The van der Waals surface area contributed by atoms with E-state index in [4.69, 9.17) is 4.43 Å². The number of aryl methyl sites for hydroxylation is 1. The van der Waals surface area contributed by atoms with E-state index in [1.54, 1.807) is 0 Å². The van der Waals surface area contributed by atoms with Crippen molar-refractivity contribution in [3.8, 4) is 5.75 Å². The molecule has 20 heavy (non-hydrogen) atoms. The van der Waals surface area contributed by atoms with Gasteiger partial charge in [0.15, 0.2) is 0 Å². The molecule has 4 heteroatoms. The molecule has 0 aliphatic carbocycles. The highest BCUT2D eigenvalue weighted by Gasteiger charge is 2.07. The van der Waals surface area contributed by atoms with Crippen LogP contribution >= 0.6 is 0 Å². The SMILES string of the molecule is CC(=Nc1ccccc1O[Si](C)C)c1cc(C)ccn1. The van der Waals surface area contributed by atoms with E-state index >= 15 is 0 Å². The van der Waals surface area contributed by atoms with E-state index in [-0.39, 0.29) is 0 Å². The summed E-state index contributed by atoms with van der Waals surface area (Å²) in [4.78, 5) is 9.03. The van der Waals surface area contributed by atoms with Gasteiger partial charge < -0.3 is 4.43 Å². The second-order valence-electron chi connectivity index (χ2n) is 4.89. The minimum Gasteiger partial charge on any atom is -0.541 e. The average molecular weight is 283 g/mol. The zero-order valence-corrected chi connectivity index (χ0v) is 13.3. The standard InChI is InChI=1S/C16H19N2OSi/c1-12-9-10-17-15(11-12)13(2)18-14-7-5-6-8-16(14)19-20(3)4/h5-11H,1-4H3. The molecule has 0 bridgehead atoms. The molecule has 0 N–H and O–H groups in total. The molecular formula is C16H19N2OSi. The number of hydrogen-bond donors (Lipinski definition) is 0. The largest absolute Gasteiger partial charge is 0.541 e. The van der Waals surface area contributed by atoms with Crippen molar-refractivity contribution in [2.45, 2.75) is 26.9 Å². The lowest BCUT2D eigenvalue weighted by Crippen LogP contribution is -2.11. The van der Waals surface area contributed by atoms with Crippen LogP contribution in [0.1, 0.15) is 18.2 Å². The van der Waals surface area contributed by atoms with Crippen molar-refractivity contribution in [1.82, 2.24) is 4.98 Å². The molecule has 1 radical (unpaired) electrons. The van der Waals surface area contributed by atoms with Gasteiger partial charge in [0.05, 0.1) is 11.4 Å². The number of pyridine rings is 1. The van der Waals surface area contributed by atoms with E-state index in [0.29, 0.717) is 0 Å². The van der Waals surface area contributed by atoms with Gasteiger partial charge >= 0.3 is 0 Å². The van der Waals surface area contributed by atoms with E-state index < -0.39 is 9.04 Å². The Morgan fingerprint density at radius 2 is 1.95 bits per heavy atom. The summed E-state index contributed by atoms with van der Waals surface area (Å²) in [6, 6.07) is 11.9. The average Bonchev–Trinajstić information content (AvgIpc) is 2.40. The molecule has 0 aliphatic heterocycles. The van der Waals surface area contributed by atoms with Crippen molar-refractivity contribution in [3.05, 3.63) is 53.9 Å². The van der Waals surface area contributed by atoms with Crippen LogP contribution in [0.5, 0.6) is 5.75 Å². The number of benzene rings is 1. The van der Waals surface area contributed by atoms with Crippen molar-refractivity contribution >= 4 is 20.4 Å². The molecule has 3 nitrogen and oxygen atoms in total. The van der Waals surface area contributed by atoms with Crippen LogP contribution in [0.15, 0.2) is 47.6 Å². The van der Waals surface area contributed by atoms with Crippen LogP contribution in [0.25, 0.3) is 0 Å². The Balaban J connectivity index is 2.35. The summed E-state index contributed by atoms with van der Waals surface area (Å²) in [6.07, 6.45) is 1.81. The highest BCUT2D eigenvalue weighted by atomic mass is 28.3. The first-order valence-electron chi connectivity index (χ1n) is 6.61. The van der Waals surface area contributed by atoms with Gasteiger partial charge in [0.2, 0.25) is 0 Å². The maximum absolute atomic E-state index is 5.88. The van der Waals surface area contributed by atoms with Gasteiger partial charge in [0, 0.05) is 6.20 Å². The van der Waals surface area contributed by atoms with Crippen LogP contribution < -0.4 is 4.43 Å². The zero-order valence-electron chi connectivity index (χ0n) is 12.3. The topological polar surface area (TPSA) is 34.5 Å². The number of aromatic nitrogens is 1. The Hall–Kier alpha value is -1.94. The maximum atomic E-state index is 5.88. The third kappa shape index (κ3) is 3.77. The van der Waals surface area contributed by atoms with Gasteiger partial charge in [-0.25, -0.2) is 4.99 Å². The summed E-state index contributed by atoms with van der Waals surface area (Å²) >= 11 is 0. The monoisotopic (exact) mass is 283 g/mol. The number of hydrogen-bond acceptors (Lipinski definition) is 3. The first-order chi connectivity index (χ1) is 9.56. The molecule has 1 aromatic carbocycles. The molecule has 2 rings (SSSR count). The molecule has 0 saturated carbocycles. The lowest BCUT2D eigenvalue weighted by Gasteiger charge is -2.11. The lowest BCUT2D eigenvalue weighted by molar-refractivity contribution is 0.582. The highest BCUT2D eigenvalue weighted by molar-refractivity contribution is 6.49. The molecule has 0 amide bonds. The minimum atomic E-state index is -0.800. The molecule has 0 saturated heterocycles. The smallest absolute Gasteiger partial charge is 0.274 e. The normalized spacial score (nSPS) is 11.8. The molecule has 0 atom stereocenters. The zero-order chi connectivity index (χ0) is 14.5. The Morgan fingerprint density at radius 1 is 1.20 bits per heavy atom. The summed E-state index contributed by atoms with van der Waals surface area (Å²) < 4.78 is 5.88. The molecule has 103 valence electrons. The molecule has 0 aliphatic rings. The van der Waals surface area contributed by atoms with Crippen LogP contribution in [0, 0.1) is 6.92 Å². The van der Waals surface area contributed by atoms with Gasteiger partial charge in [0.1, 0.15) is 11.4 Å². The van der Waals surface area contributed by atoms with Crippen LogP contribution in [-0.4, -0.2) is 19.7 Å². The lowest BCUT2D eigenvalue weighted by atomic mass is 10.2. The quantitative estimate of drug-likeness (QED) is 0.623. The molecule has 0 spiro atoms. The van der Waals surface area contributed by atoms with Gasteiger partial charge in [-0.2, -0.15) is 0 Å². The summed E-state index contributed by atoms with van der Waals surface area (Å²) in [5, 5.41) is 0. The Bertz CT molecular complexity index is 623. The van der Waals surface area contributed by atoms with E-state index in [2.05, 4.69) is 30.0 Å². The number of aliphatic imine (C=N–C) groups is 1. The predicted molar refractivity (Wildman–Crippen MR) is 85.4 cm³/mol. The van der Waals surface area contributed by atoms with Crippen molar-refractivity contribution in [2.24, 2.45) is 4.99 Å². The van der Waals surface area contributed by atoms with Crippen LogP contribution in [0.2, 0.25) is 13.1 Å². The summed E-state index contributed by atoms with van der Waals surface area (Å²) in [7, 11) is -0.800. The fourth-order valence-electron chi connectivity index (χ4n) is 1.83.